The topological polar surface area (TPSA) is 148 Å². The highest BCUT2D eigenvalue weighted by Gasteiger charge is 2.70. The number of halogens is 1. The normalized spacial score (nSPS) is 26.1. The van der Waals surface area contributed by atoms with Crippen LogP contribution in [0.5, 0.6) is 0 Å². The monoisotopic (exact) mass is 547 g/mol. The van der Waals surface area contributed by atoms with Gasteiger partial charge in [0.15, 0.2) is 5.84 Å². The summed E-state index contributed by atoms with van der Waals surface area (Å²) in [6.07, 6.45) is 2.29. The first-order chi connectivity index (χ1) is 17.4. The smallest absolute Gasteiger partial charge is 0.286 e. The summed E-state index contributed by atoms with van der Waals surface area (Å²) >= 11 is 0. The van der Waals surface area contributed by atoms with Crippen molar-refractivity contribution in [2.75, 3.05) is 22.8 Å². The van der Waals surface area contributed by atoms with Gasteiger partial charge in [0.05, 0.1) is 18.5 Å². The number of hydrogen-bond acceptors (Lipinski definition) is 8. The van der Waals surface area contributed by atoms with Crippen molar-refractivity contribution >= 4 is 43.2 Å². The lowest BCUT2D eigenvalue weighted by Gasteiger charge is -2.43. The van der Waals surface area contributed by atoms with Gasteiger partial charge in [0, 0.05) is 12.2 Å². The number of anilines is 2. The fourth-order valence-electron chi connectivity index (χ4n) is 5.43. The van der Waals surface area contributed by atoms with Crippen LogP contribution in [-0.4, -0.2) is 62.0 Å². The van der Waals surface area contributed by atoms with Gasteiger partial charge in [-0.1, -0.05) is 12.1 Å². The van der Waals surface area contributed by atoms with E-state index in [4.69, 9.17) is 0 Å². The van der Waals surface area contributed by atoms with Gasteiger partial charge in [-0.2, -0.15) is 8.42 Å². The molecule has 194 valence electrons. The van der Waals surface area contributed by atoms with Gasteiger partial charge >= 0.3 is 0 Å². The second kappa shape index (κ2) is 7.76. The Bertz CT molecular complexity index is 1640. The molecule has 2 aromatic carbocycles. The number of benzene rings is 2. The summed E-state index contributed by atoms with van der Waals surface area (Å²) in [6.45, 7) is 0.633. The number of carbonyl (C=O) groups is 1. The van der Waals surface area contributed by atoms with Crippen molar-refractivity contribution in [2.45, 2.75) is 29.8 Å². The molecule has 14 heteroatoms. The maximum atomic E-state index is 13.7. The van der Waals surface area contributed by atoms with E-state index in [0.717, 1.165) is 18.7 Å². The molecule has 11 nitrogen and oxygen atoms in total. The van der Waals surface area contributed by atoms with E-state index in [-0.39, 0.29) is 45.9 Å². The number of rotatable bonds is 5. The lowest BCUT2D eigenvalue weighted by atomic mass is 10.0. The van der Waals surface area contributed by atoms with Crippen LogP contribution in [-0.2, 0) is 31.4 Å². The van der Waals surface area contributed by atoms with Crippen LogP contribution in [0.15, 0.2) is 63.1 Å². The van der Waals surface area contributed by atoms with Crippen LogP contribution in [0.4, 0.5) is 15.8 Å². The summed E-state index contributed by atoms with van der Waals surface area (Å²) in [5.41, 5.74) is -0.276. The Hall–Kier alpha value is -3.49. The minimum atomic E-state index is -4.36. The van der Waals surface area contributed by atoms with Crippen LogP contribution < -0.4 is 10.0 Å². The van der Waals surface area contributed by atoms with E-state index in [0.29, 0.717) is 18.5 Å². The van der Waals surface area contributed by atoms with Crippen LogP contribution in [0.1, 0.15) is 18.4 Å². The van der Waals surface area contributed by atoms with Crippen molar-refractivity contribution in [3.05, 3.63) is 65.2 Å². The number of piperidine rings is 1. The number of amidine groups is 1. The molecule has 3 N–H and O–H groups in total. The van der Waals surface area contributed by atoms with E-state index in [1.54, 1.807) is 12.1 Å². The average Bonchev–Trinajstić information content (AvgIpc) is 3.42. The fourth-order valence-corrected chi connectivity index (χ4v) is 7.14. The van der Waals surface area contributed by atoms with Gasteiger partial charge in [0.25, 0.3) is 15.9 Å². The van der Waals surface area contributed by atoms with Gasteiger partial charge in [-0.25, -0.2) is 17.8 Å². The predicted octanol–water partition coefficient (Wildman–Crippen LogP) is 1.94. The number of hydrogen-bond donors (Lipinski definition) is 3. The lowest BCUT2D eigenvalue weighted by Crippen LogP contribution is -2.57. The van der Waals surface area contributed by atoms with Crippen LogP contribution >= 0.6 is 0 Å². The summed E-state index contributed by atoms with van der Waals surface area (Å²) in [4.78, 5) is 13.5. The molecular weight excluding hydrogens is 525 g/mol. The Morgan fingerprint density at radius 1 is 1.24 bits per heavy atom. The molecule has 2 atom stereocenters. The zero-order valence-electron chi connectivity index (χ0n) is 19.5. The molecule has 3 aliphatic heterocycles. The molecule has 2 aromatic rings. The fraction of sp³-hybridized carbons (Fsp3) is 0.304. The van der Waals surface area contributed by atoms with Gasteiger partial charge in [0.1, 0.15) is 27.6 Å². The van der Waals surface area contributed by atoms with E-state index in [2.05, 4.69) is 14.4 Å². The molecule has 1 aliphatic carbocycles. The van der Waals surface area contributed by atoms with Gasteiger partial charge < -0.3 is 10.4 Å². The van der Waals surface area contributed by atoms with Crippen molar-refractivity contribution in [1.29, 1.82) is 0 Å². The zero-order chi connectivity index (χ0) is 26.3. The Morgan fingerprint density at radius 2 is 1.97 bits per heavy atom. The highest BCUT2D eigenvalue weighted by Crippen LogP contribution is 2.62. The van der Waals surface area contributed by atoms with Crippen LogP contribution in [0.25, 0.3) is 0 Å². The predicted molar refractivity (Wildman–Crippen MR) is 132 cm³/mol. The van der Waals surface area contributed by atoms with E-state index in [9.17, 15) is 31.1 Å². The number of carbonyl (C=O) groups excluding carboxylic acids is 1. The maximum Gasteiger partial charge on any atom is 0.286 e. The number of nitrogens with zero attached hydrogens (tertiary/aromatic N) is 3. The molecule has 0 radical (unpaired) electrons. The molecule has 0 bridgehead atoms. The van der Waals surface area contributed by atoms with Gasteiger partial charge in [-0.05, 0) is 54.7 Å². The summed E-state index contributed by atoms with van der Waals surface area (Å²) in [7, 11) is -8.00. The molecule has 1 saturated heterocycles. The van der Waals surface area contributed by atoms with Crippen LogP contribution in [0.2, 0.25) is 0 Å². The Labute approximate surface area is 212 Å². The SMILES string of the molecule is CS(=O)(=O)Nc1ccc2c(c1)S(=O)(=O)N=C(C1=C(O)C34C[C@H]3CCN4N(Cc3ccc(F)cc3)C1=O)N2. The molecule has 2 fully saturated rings. The second-order valence-electron chi connectivity index (χ2n) is 9.58. The minimum Gasteiger partial charge on any atom is -0.509 e. The number of amides is 1. The Morgan fingerprint density at radius 3 is 2.65 bits per heavy atom. The minimum absolute atomic E-state index is 0.0351. The molecule has 6 rings (SSSR count). The number of aliphatic hydroxyl groups excluding tert-OH is 1. The molecule has 0 aromatic heterocycles. The first-order valence-electron chi connectivity index (χ1n) is 11.4. The van der Waals surface area contributed by atoms with Gasteiger partial charge in [0.2, 0.25) is 10.0 Å². The number of fused-ring (bicyclic) bond motifs is 1. The number of hydrazine groups is 1. The van der Waals surface area contributed by atoms with Crippen molar-refractivity contribution in [3.8, 4) is 0 Å². The first-order valence-corrected chi connectivity index (χ1v) is 14.7. The number of aliphatic hydroxyl groups is 1. The van der Waals surface area contributed by atoms with Crippen molar-refractivity contribution in [2.24, 2.45) is 10.3 Å². The standard InChI is InChI=1S/C23H22FN5O6S2/c1-36(32,33)26-16-6-7-17-18(10-16)37(34,35)27-21(25-17)19-20(30)23-11-14(23)8-9-29(23)28(22(19)31)12-13-2-4-15(24)5-3-13/h2-7,10,14,26,30H,8-9,11-12H2,1H3,(H,25,27)/t14-,23?/m1/s1. The third-order valence-corrected chi connectivity index (χ3v) is 9.04. The largest absolute Gasteiger partial charge is 0.509 e. The second-order valence-corrected chi connectivity index (χ2v) is 12.9. The highest BCUT2D eigenvalue weighted by molar-refractivity contribution is 7.92. The number of nitrogens with one attached hydrogen (secondary N) is 2. The number of sulfonamides is 2. The molecule has 4 aliphatic rings. The maximum absolute atomic E-state index is 13.7. The van der Waals surface area contributed by atoms with E-state index in [1.165, 1.54) is 29.3 Å². The molecule has 1 amide bonds. The van der Waals surface area contributed by atoms with E-state index >= 15 is 0 Å². The molecule has 37 heavy (non-hydrogen) atoms. The highest BCUT2D eigenvalue weighted by atomic mass is 32.2. The Kier molecular flexibility index (Phi) is 5.01. The third-order valence-electron chi connectivity index (χ3n) is 7.12. The van der Waals surface area contributed by atoms with Crippen LogP contribution in [0.3, 0.4) is 0 Å². The van der Waals surface area contributed by atoms with Crippen LogP contribution in [0, 0.1) is 11.7 Å². The van der Waals surface area contributed by atoms with E-state index < -0.39 is 37.3 Å². The third kappa shape index (κ3) is 3.78. The van der Waals surface area contributed by atoms with Crippen molar-refractivity contribution < 1.29 is 31.1 Å². The average molecular weight is 548 g/mol. The van der Waals surface area contributed by atoms with Gasteiger partial charge in [-0.15, -0.1) is 4.40 Å². The lowest BCUT2D eigenvalue weighted by molar-refractivity contribution is -0.154. The quantitative estimate of drug-likeness (QED) is 0.514. The summed E-state index contributed by atoms with van der Waals surface area (Å²) in [5, 5.41) is 17.4. The van der Waals surface area contributed by atoms with E-state index in [1.807, 2.05) is 5.01 Å². The van der Waals surface area contributed by atoms with Gasteiger partial charge in [-0.3, -0.25) is 14.5 Å². The molecule has 1 saturated carbocycles. The summed E-state index contributed by atoms with van der Waals surface area (Å²) in [6, 6.07) is 9.57. The summed E-state index contributed by atoms with van der Waals surface area (Å²) < 4.78 is 68.8. The van der Waals surface area contributed by atoms with Crippen molar-refractivity contribution in [3.63, 3.8) is 0 Å². The summed E-state index contributed by atoms with van der Waals surface area (Å²) in [5.74, 6) is -1.49. The molecule has 1 unspecified atom stereocenters. The Balaban J connectivity index is 1.41. The molecule has 3 heterocycles. The first kappa shape index (κ1) is 23.9. The zero-order valence-corrected chi connectivity index (χ0v) is 21.1. The van der Waals surface area contributed by atoms with Crippen molar-refractivity contribution in [1.82, 2.24) is 10.0 Å². The molecule has 1 spiro atoms. The molecular formula is C23H22FN5O6S2.